The number of nitrogens with zero attached hydrogens (tertiary/aromatic N) is 1. The van der Waals surface area contributed by atoms with Crippen LogP contribution in [0.4, 0.5) is 0 Å². The van der Waals surface area contributed by atoms with E-state index in [1.54, 1.807) is 11.3 Å². The maximum atomic E-state index is 4.31. The van der Waals surface area contributed by atoms with Crippen molar-refractivity contribution in [3.05, 3.63) is 53.3 Å². The molecular weight excluding hydrogens is 278 g/mol. The van der Waals surface area contributed by atoms with Crippen LogP contribution >= 0.6 is 11.3 Å². The van der Waals surface area contributed by atoms with E-state index in [9.17, 15) is 0 Å². The molecule has 1 aliphatic heterocycles. The van der Waals surface area contributed by atoms with Gasteiger partial charge in [0, 0.05) is 18.3 Å². The molecule has 110 valence electrons. The molecule has 0 radical (unpaired) electrons. The van der Waals surface area contributed by atoms with Gasteiger partial charge in [0.05, 0.1) is 16.1 Å². The van der Waals surface area contributed by atoms with Crippen LogP contribution in [0.2, 0.25) is 0 Å². The van der Waals surface area contributed by atoms with E-state index in [0.717, 1.165) is 24.5 Å². The van der Waals surface area contributed by atoms with E-state index in [1.807, 2.05) is 5.51 Å². The Labute approximate surface area is 130 Å². The number of hydrogen-bond acceptors (Lipinski definition) is 4. The van der Waals surface area contributed by atoms with Crippen molar-refractivity contribution in [3.63, 3.8) is 0 Å². The van der Waals surface area contributed by atoms with E-state index in [4.69, 9.17) is 0 Å². The Hall–Kier alpha value is -1.65. The molecular formula is C17H21N3S. The lowest BCUT2D eigenvalue weighted by atomic mass is 10.1. The zero-order chi connectivity index (χ0) is 14.7. The van der Waals surface area contributed by atoms with Crippen LogP contribution in [0.25, 0.3) is 10.4 Å². The molecule has 3 rings (SSSR count). The predicted octanol–water partition coefficient (Wildman–Crippen LogP) is 3.47. The molecule has 2 N–H and O–H groups in total. The molecule has 1 saturated heterocycles. The Balaban J connectivity index is 1.60. The fraction of sp³-hybridized carbons (Fsp3) is 0.353. The first-order chi connectivity index (χ1) is 10.2. The van der Waals surface area contributed by atoms with Crippen molar-refractivity contribution < 1.29 is 0 Å². The predicted molar refractivity (Wildman–Crippen MR) is 89.3 cm³/mol. The van der Waals surface area contributed by atoms with Gasteiger partial charge in [0.15, 0.2) is 0 Å². The molecule has 0 amide bonds. The summed E-state index contributed by atoms with van der Waals surface area (Å²) >= 11 is 1.69. The topological polar surface area (TPSA) is 37.0 Å². The third-order valence-corrected chi connectivity index (χ3v) is 4.94. The summed E-state index contributed by atoms with van der Waals surface area (Å²) < 4.78 is 0. The summed E-state index contributed by atoms with van der Waals surface area (Å²) in [5.41, 5.74) is 6.63. The van der Waals surface area contributed by atoms with E-state index in [0.29, 0.717) is 6.04 Å². The van der Waals surface area contributed by atoms with Crippen LogP contribution < -0.4 is 10.6 Å². The number of thiazole rings is 1. The third kappa shape index (κ3) is 3.34. The van der Waals surface area contributed by atoms with Crippen molar-refractivity contribution in [2.75, 3.05) is 6.54 Å². The number of hydrogen-bond donors (Lipinski definition) is 2. The lowest BCUT2D eigenvalue weighted by molar-refractivity contribution is 0.621. The Bertz CT molecular complexity index is 609. The molecule has 3 nitrogen and oxygen atoms in total. The molecule has 1 aromatic heterocycles. The number of nitrogens with one attached hydrogen (secondary N) is 2. The van der Waals surface area contributed by atoms with Gasteiger partial charge in [-0.15, -0.1) is 11.3 Å². The van der Waals surface area contributed by atoms with Crippen molar-refractivity contribution in [3.8, 4) is 10.4 Å². The minimum atomic E-state index is 0.434. The third-order valence-electron chi connectivity index (χ3n) is 3.96. The van der Waals surface area contributed by atoms with Gasteiger partial charge < -0.3 is 10.6 Å². The van der Waals surface area contributed by atoms with Gasteiger partial charge in [0.2, 0.25) is 0 Å². The first kappa shape index (κ1) is 14.3. The lowest BCUT2D eigenvalue weighted by Gasteiger charge is -2.16. The van der Waals surface area contributed by atoms with Crippen LogP contribution in [-0.4, -0.2) is 17.6 Å². The van der Waals surface area contributed by atoms with Crippen molar-refractivity contribution in [1.29, 1.82) is 0 Å². The second-order valence-electron chi connectivity index (χ2n) is 5.49. The van der Waals surface area contributed by atoms with Crippen LogP contribution in [0.3, 0.4) is 0 Å². The molecule has 2 heterocycles. The second kappa shape index (κ2) is 6.41. The van der Waals surface area contributed by atoms with Crippen molar-refractivity contribution in [2.24, 2.45) is 0 Å². The van der Waals surface area contributed by atoms with Gasteiger partial charge in [-0.3, -0.25) is 0 Å². The molecule has 1 aromatic carbocycles. The van der Waals surface area contributed by atoms with E-state index < -0.39 is 0 Å². The standard InChI is InChI=1S/C17H21N3S/c1-12(16-4-3-9-18-16)19-10-14-5-7-15(8-6-14)17-13(2)20-11-21-17/h5-8,11,16,18-19H,1,3-4,9-10H2,2H3. The normalized spacial score (nSPS) is 17.9. The first-order valence-electron chi connectivity index (χ1n) is 7.39. The van der Waals surface area contributed by atoms with Gasteiger partial charge in [-0.25, -0.2) is 4.98 Å². The quantitative estimate of drug-likeness (QED) is 0.887. The van der Waals surface area contributed by atoms with Crippen molar-refractivity contribution >= 4 is 11.3 Å². The Kier molecular flexibility index (Phi) is 4.36. The zero-order valence-corrected chi connectivity index (χ0v) is 13.2. The van der Waals surface area contributed by atoms with Crippen LogP contribution in [-0.2, 0) is 6.54 Å². The molecule has 1 fully saturated rings. The number of rotatable bonds is 5. The summed E-state index contributed by atoms with van der Waals surface area (Å²) in [5.74, 6) is 0. The summed E-state index contributed by atoms with van der Waals surface area (Å²) in [7, 11) is 0. The summed E-state index contributed by atoms with van der Waals surface area (Å²) in [4.78, 5) is 5.57. The van der Waals surface area contributed by atoms with E-state index in [1.165, 1.54) is 28.8 Å². The van der Waals surface area contributed by atoms with Crippen LogP contribution in [0, 0.1) is 6.92 Å². The highest BCUT2D eigenvalue weighted by Crippen LogP contribution is 2.27. The highest BCUT2D eigenvalue weighted by Gasteiger charge is 2.16. The van der Waals surface area contributed by atoms with Gasteiger partial charge >= 0.3 is 0 Å². The van der Waals surface area contributed by atoms with Crippen LogP contribution in [0.15, 0.2) is 42.1 Å². The highest BCUT2D eigenvalue weighted by molar-refractivity contribution is 7.13. The summed E-state index contributed by atoms with van der Waals surface area (Å²) in [6.07, 6.45) is 2.43. The fourth-order valence-electron chi connectivity index (χ4n) is 2.67. The van der Waals surface area contributed by atoms with Gasteiger partial charge in [-0.2, -0.15) is 0 Å². The molecule has 21 heavy (non-hydrogen) atoms. The molecule has 0 bridgehead atoms. The maximum Gasteiger partial charge on any atom is 0.0801 e. The minimum Gasteiger partial charge on any atom is -0.383 e. The van der Waals surface area contributed by atoms with Crippen molar-refractivity contribution in [2.45, 2.75) is 32.4 Å². The number of aromatic nitrogens is 1. The average Bonchev–Trinajstić information content (AvgIpc) is 3.17. The SMILES string of the molecule is C=C(NCc1ccc(-c2scnc2C)cc1)C1CCCN1. The Morgan fingerprint density at radius 3 is 2.86 bits per heavy atom. The number of benzene rings is 1. The fourth-order valence-corrected chi connectivity index (χ4v) is 3.49. The van der Waals surface area contributed by atoms with Crippen LogP contribution in [0.1, 0.15) is 24.1 Å². The molecule has 0 saturated carbocycles. The van der Waals surface area contributed by atoms with Gasteiger partial charge in [0.1, 0.15) is 0 Å². The summed E-state index contributed by atoms with van der Waals surface area (Å²) in [6.45, 7) is 8.13. The molecule has 1 unspecified atom stereocenters. The van der Waals surface area contributed by atoms with Gasteiger partial charge in [-0.1, -0.05) is 30.8 Å². The number of aryl methyl sites for hydroxylation is 1. The van der Waals surface area contributed by atoms with Gasteiger partial charge in [0.25, 0.3) is 0 Å². The molecule has 2 aromatic rings. The monoisotopic (exact) mass is 299 g/mol. The van der Waals surface area contributed by atoms with Crippen LogP contribution in [0.5, 0.6) is 0 Å². The molecule has 0 aliphatic carbocycles. The smallest absolute Gasteiger partial charge is 0.0801 e. The van der Waals surface area contributed by atoms with E-state index in [2.05, 4.69) is 53.4 Å². The molecule has 0 spiro atoms. The average molecular weight is 299 g/mol. The maximum absolute atomic E-state index is 4.31. The minimum absolute atomic E-state index is 0.434. The van der Waals surface area contributed by atoms with E-state index in [-0.39, 0.29) is 0 Å². The van der Waals surface area contributed by atoms with Gasteiger partial charge in [-0.05, 0) is 37.4 Å². The molecule has 1 atom stereocenters. The molecule has 1 aliphatic rings. The second-order valence-corrected chi connectivity index (χ2v) is 6.35. The largest absolute Gasteiger partial charge is 0.383 e. The highest BCUT2D eigenvalue weighted by atomic mass is 32.1. The Morgan fingerprint density at radius 2 is 2.24 bits per heavy atom. The Morgan fingerprint density at radius 1 is 1.43 bits per heavy atom. The summed E-state index contributed by atoms with van der Waals surface area (Å²) in [6, 6.07) is 9.14. The summed E-state index contributed by atoms with van der Waals surface area (Å²) in [5, 5.41) is 6.90. The lowest BCUT2D eigenvalue weighted by Crippen LogP contribution is -2.30. The molecule has 4 heteroatoms. The van der Waals surface area contributed by atoms with Crippen molar-refractivity contribution in [1.82, 2.24) is 15.6 Å². The van der Waals surface area contributed by atoms with E-state index >= 15 is 0 Å². The zero-order valence-electron chi connectivity index (χ0n) is 12.4. The first-order valence-corrected chi connectivity index (χ1v) is 8.27.